The maximum Gasteiger partial charge on any atom is 0.332 e. The Bertz CT molecular complexity index is 519. The van der Waals surface area contributed by atoms with Crippen LogP contribution in [0.5, 0.6) is 0 Å². The van der Waals surface area contributed by atoms with E-state index < -0.39 is 48.1 Å². The van der Waals surface area contributed by atoms with Gasteiger partial charge in [-0.1, -0.05) is 0 Å². The van der Waals surface area contributed by atoms with Crippen molar-refractivity contribution in [2.75, 3.05) is 14.1 Å². The molecular weight excluding hydrogens is 284 g/mol. The second kappa shape index (κ2) is 6.11. The molecule has 0 saturated carbocycles. The van der Waals surface area contributed by atoms with Gasteiger partial charge in [-0.15, -0.1) is 0 Å². The van der Waals surface area contributed by atoms with E-state index in [-0.39, 0.29) is 0 Å². The number of rotatable bonds is 5. The van der Waals surface area contributed by atoms with E-state index in [0.29, 0.717) is 9.80 Å². The topological polar surface area (TPSA) is 153 Å². The summed E-state index contributed by atoms with van der Waals surface area (Å²) in [6.07, 6.45) is 0.159. The molecule has 1 saturated heterocycles. The van der Waals surface area contributed by atoms with Crippen LogP contribution in [0.15, 0.2) is 4.99 Å². The van der Waals surface area contributed by atoms with Gasteiger partial charge in [0.15, 0.2) is 5.92 Å². The molecule has 1 atom stereocenters. The molecule has 0 unspecified atom stereocenters. The Labute approximate surface area is 119 Å². The van der Waals surface area contributed by atoms with Gasteiger partial charge in [-0.3, -0.25) is 29.2 Å². The number of imide groups is 2. The van der Waals surface area contributed by atoms with Crippen molar-refractivity contribution in [3.8, 4) is 0 Å². The normalized spacial score (nSPS) is 18.5. The number of carboxylic acids is 1. The number of hydrogen-bond donors (Lipinski definition) is 1. The molecule has 1 heterocycles. The van der Waals surface area contributed by atoms with Gasteiger partial charge >= 0.3 is 6.03 Å². The summed E-state index contributed by atoms with van der Waals surface area (Å²) < 4.78 is 0. The van der Waals surface area contributed by atoms with E-state index in [1.54, 1.807) is 0 Å². The van der Waals surface area contributed by atoms with E-state index in [1.807, 2.05) is 0 Å². The minimum absolute atomic E-state index is 0.626. The highest BCUT2D eigenvalue weighted by molar-refractivity contribution is 6.23. The molecule has 0 spiro atoms. The van der Waals surface area contributed by atoms with Crippen LogP contribution in [0.1, 0.15) is 6.42 Å². The third kappa shape index (κ3) is 3.41. The van der Waals surface area contributed by atoms with Gasteiger partial charge in [0.25, 0.3) is 0 Å². The number of aliphatic imine (C=N–C) groups is 1. The van der Waals surface area contributed by atoms with Crippen LogP contribution in [0.25, 0.3) is 0 Å². The molecule has 1 rings (SSSR count). The fraction of sp³-hybridized carbons (Fsp3) is 0.455. The Morgan fingerprint density at radius 2 is 1.76 bits per heavy atom. The lowest BCUT2D eigenvalue weighted by atomic mass is 10.1. The van der Waals surface area contributed by atoms with Crippen molar-refractivity contribution in [2.45, 2.75) is 12.5 Å². The van der Waals surface area contributed by atoms with Gasteiger partial charge in [0.05, 0.1) is 18.4 Å². The van der Waals surface area contributed by atoms with Gasteiger partial charge in [-0.2, -0.15) is 0 Å². The van der Waals surface area contributed by atoms with Crippen LogP contribution in [-0.4, -0.2) is 65.9 Å². The highest BCUT2D eigenvalue weighted by atomic mass is 16.4. The van der Waals surface area contributed by atoms with E-state index in [0.717, 1.165) is 6.21 Å². The van der Waals surface area contributed by atoms with Crippen LogP contribution in [-0.2, 0) is 19.2 Å². The average Bonchev–Trinajstić information content (AvgIpc) is 2.41. The van der Waals surface area contributed by atoms with E-state index >= 15 is 0 Å². The summed E-state index contributed by atoms with van der Waals surface area (Å²) >= 11 is 0. The Hall–Kier alpha value is -2.78. The second-order valence-electron chi connectivity index (χ2n) is 4.36. The monoisotopic (exact) mass is 297 g/mol. The summed E-state index contributed by atoms with van der Waals surface area (Å²) in [7, 11) is 2.35. The zero-order chi connectivity index (χ0) is 16.3. The Morgan fingerprint density at radius 3 is 2.14 bits per heavy atom. The highest BCUT2D eigenvalue weighted by Gasteiger charge is 2.41. The van der Waals surface area contributed by atoms with Crippen molar-refractivity contribution in [1.29, 1.82) is 0 Å². The first-order chi connectivity index (χ1) is 9.66. The Morgan fingerprint density at radius 1 is 1.29 bits per heavy atom. The molecular formula is C11H13N4O6-. The lowest BCUT2D eigenvalue weighted by Gasteiger charge is -2.31. The third-order valence-corrected chi connectivity index (χ3v) is 2.85. The molecule has 1 fully saturated rings. The number of primary amides is 1. The largest absolute Gasteiger partial charge is 0.548 e. The summed E-state index contributed by atoms with van der Waals surface area (Å²) in [5.74, 6) is -5.72. The second-order valence-corrected chi connectivity index (χ2v) is 4.36. The summed E-state index contributed by atoms with van der Waals surface area (Å²) in [4.78, 5) is 61.5. The minimum atomic E-state index is -1.67. The maximum atomic E-state index is 11.8. The van der Waals surface area contributed by atoms with Crippen LogP contribution in [0.4, 0.5) is 4.79 Å². The van der Waals surface area contributed by atoms with E-state index in [9.17, 15) is 29.1 Å². The molecule has 21 heavy (non-hydrogen) atoms. The molecule has 0 aromatic heterocycles. The number of carboxylic acid groups (broad SMARTS) is 1. The first-order valence-electron chi connectivity index (χ1n) is 5.78. The predicted molar refractivity (Wildman–Crippen MR) is 65.5 cm³/mol. The molecule has 0 aliphatic carbocycles. The number of hydrogen-bond acceptors (Lipinski definition) is 7. The van der Waals surface area contributed by atoms with Gasteiger partial charge in [0.1, 0.15) is 0 Å². The fourth-order valence-electron chi connectivity index (χ4n) is 1.64. The standard InChI is InChI=1S/C11H14N4O6/c1-14-8(17)5(9(18)15(2)11(14)21)4-13-6(10(19)20)3-7(12)16/h4-6H,3H2,1-2H3,(H2,12,16)(H,19,20)/p-1/t6-/m0/s1. The maximum absolute atomic E-state index is 11.8. The lowest BCUT2D eigenvalue weighted by molar-refractivity contribution is -0.307. The molecule has 10 nitrogen and oxygen atoms in total. The average molecular weight is 297 g/mol. The summed E-state index contributed by atoms with van der Waals surface area (Å²) in [6.45, 7) is 0. The molecule has 10 heteroatoms. The Kier molecular flexibility index (Phi) is 4.74. The predicted octanol–water partition coefficient (Wildman–Crippen LogP) is -3.28. The number of carbonyl (C=O) groups excluding carboxylic acids is 5. The zero-order valence-electron chi connectivity index (χ0n) is 11.3. The van der Waals surface area contributed by atoms with Crippen LogP contribution in [0.3, 0.4) is 0 Å². The highest BCUT2D eigenvalue weighted by Crippen LogP contribution is 2.14. The van der Waals surface area contributed by atoms with Gasteiger partial charge in [0, 0.05) is 20.3 Å². The van der Waals surface area contributed by atoms with Gasteiger partial charge < -0.3 is 15.6 Å². The van der Waals surface area contributed by atoms with Crippen LogP contribution in [0, 0.1) is 5.92 Å². The fourth-order valence-corrected chi connectivity index (χ4v) is 1.64. The van der Waals surface area contributed by atoms with Crippen molar-refractivity contribution < 1.29 is 29.1 Å². The minimum Gasteiger partial charge on any atom is -0.548 e. The molecule has 2 N–H and O–H groups in total. The van der Waals surface area contributed by atoms with Crippen molar-refractivity contribution in [3.63, 3.8) is 0 Å². The smallest absolute Gasteiger partial charge is 0.332 e. The summed E-state index contributed by atoms with van der Waals surface area (Å²) in [6, 6.07) is -2.40. The molecule has 0 aromatic carbocycles. The molecule has 0 radical (unpaired) electrons. The van der Waals surface area contributed by atoms with Gasteiger partial charge in [-0.25, -0.2) is 4.79 Å². The van der Waals surface area contributed by atoms with Crippen LogP contribution >= 0.6 is 0 Å². The number of carbonyl (C=O) groups is 5. The van der Waals surface area contributed by atoms with Crippen molar-refractivity contribution >= 4 is 35.9 Å². The number of nitrogens with zero attached hydrogens (tertiary/aromatic N) is 3. The third-order valence-electron chi connectivity index (χ3n) is 2.85. The quantitative estimate of drug-likeness (QED) is 0.414. The molecule has 0 aromatic rings. The van der Waals surface area contributed by atoms with Gasteiger partial charge in [0.2, 0.25) is 17.7 Å². The number of nitrogens with two attached hydrogens (primary N) is 1. The lowest BCUT2D eigenvalue weighted by Crippen LogP contribution is -2.57. The molecule has 1 aliphatic rings. The first kappa shape index (κ1) is 16.3. The van der Waals surface area contributed by atoms with Crippen molar-refractivity contribution in [1.82, 2.24) is 9.80 Å². The molecule has 114 valence electrons. The number of urea groups is 1. The van der Waals surface area contributed by atoms with E-state index in [4.69, 9.17) is 5.73 Å². The van der Waals surface area contributed by atoms with Crippen molar-refractivity contribution in [2.24, 2.45) is 16.6 Å². The van der Waals surface area contributed by atoms with Crippen LogP contribution in [0.2, 0.25) is 0 Å². The Balaban J connectivity index is 2.98. The SMILES string of the molecule is CN1C(=O)C(C=N[C@@H](CC(N)=O)C(=O)[O-])C(=O)N(C)C1=O. The van der Waals surface area contributed by atoms with Crippen LogP contribution < -0.4 is 10.8 Å². The zero-order valence-corrected chi connectivity index (χ0v) is 11.3. The van der Waals surface area contributed by atoms with Crippen molar-refractivity contribution in [3.05, 3.63) is 0 Å². The number of barbiturate groups is 1. The molecule has 1 aliphatic heterocycles. The van der Waals surface area contributed by atoms with E-state index in [2.05, 4.69) is 4.99 Å². The first-order valence-corrected chi connectivity index (χ1v) is 5.78. The molecule has 0 bridgehead atoms. The summed E-state index contributed by atoms with van der Waals surface area (Å²) in [5, 5.41) is 10.8. The summed E-state index contributed by atoms with van der Waals surface area (Å²) in [5.41, 5.74) is 4.86. The van der Waals surface area contributed by atoms with E-state index in [1.165, 1.54) is 14.1 Å². The number of aliphatic carboxylic acids is 1. The van der Waals surface area contributed by atoms with Gasteiger partial charge in [-0.05, 0) is 0 Å². The molecule has 5 amide bonds. The number of amides is 5.